The zero-order chi connectivity index (χ0) is 26.3. The number of carbonyl (C=O) groups excluding carboxylic acids is 1. The average molecular weight is 520 g/mol. The predicted octanol–water partition coefficient (Wildman–Crippen LogP) is 4.87. The van der Waals surface area contributed by atoms with Gasteiger partial charge >= 0.3 is 6.03 Å². The Morgan fingerprint density at radius 3 is 2.62 bits per heavy atom. The van der Waals surface area contributed by atoms with Crippen LogP contribution in [0.5, 0.6) is 0 Å². The minimum absolute atomic E-state index is 0.0692. The van der Waals surface area contributed by atoms with Crippen molar-refractivity contribution in [3.8, 4) is 11.3 Å². The number of aromatic nitrogens is 3. The summed E-state index contributed by atoms with van der Waals surface area (Å²) in [6, 6.07) is 20.6. The van der Waals surface area contributed by atoms with E-state index in [0.717, 1.165) is 24.7 Å². The molecule has 2 aromatic carbocycles. The Bertz CT molecular complexity index is 1480. The number of urea groups is 1. The summed E-state index contributed by atoms with van der Waals surface area (Å²) in [5, 5.41) is 5.62. The first-order valence-electron chi connectivity index (χ1n) is 11.9. The van der Waals surface area contributed by atoms with Crippen molar-refractivity contribution in [3.63, 3.8) is 0 Å². The third-order valence-corrected chi connectivity index (χ3v) is 6.32. The van der Waals surface area contributed by atoms with Crippen LogP contribution in [0.2, 0.25) is 0 Å². The van der Waals surface area contributed by atoms with Crippen LogP contribution in [0.4, 0.5) is 10.6 Å². The van der Waals surface area contributed by atoms with E-state index in [0.29, 0.717) is 40.7 Å². The van der Waals surface area contributed by atoms with E-state index < -0.39 is 10.1 Å². The van der Waals surface area contributed by atoms with Gasteiger partial charge in [0, 0.05) is 12.1 Å². The molecule has 2 heterocycles. The largest absolute Gasteiger partial charge is 0.338 e. The molecule has 0 radical (unpaired) electrons. The number of anilines is 1. The first kappa shape index (κ1) is 26.2. The van der Waals surface area contributed by atoms with Gasteiger partial charge in [-0.2, -0.15) is 8.42 Å². The summed E-state index contributed by atoms with van der Waals surface area (Å²) in [4.78, 5) is 25.8. The molecular weight excluding hydrogens is 490 g/mol. The lowest BCUT2D eigenvalue weighted by Crippen LogP contribution is -2.30. The maximum atomic E-state index is 12.4. The predicted molar refractivity (Wildman–Crippen MR) is 144 cm³/mol. The molecule has 9 nitrogen and oxygen atoms in total. The molecule has 0 fully saturated rings. The average Bonchev–Trinajstić information content (AvgIpc) is 2.89. The summed E-state index contributed by atoms with van der Waals surface area (Å²) in [7, 11) is -3.54. The van der Waals surface area contributed by atoms with Gasteiger partial charge in [0.25, 0.3) is 10.1 Å². The second-order valence-electron chi connectivity index (χ2n) is 8.80. The van der Waals surface area contributed by atoms with Gasteiger partial charge in [0.1, 0.15) is 11.3 Å². The fourth-order valence-electron chi connectivity index (χ4n) is 3.82. The first-order chi connectivity index (χ1) is 17.8. The van der Waals surface area contributed by atoms with Crippen LogP contribution in [0, 0.1) is 0 Å². The molecule has 0 bridgehead atoms. The number of hydrogen-bond acceptors (Lipinski definition) is 7. The Labute approximate surface area is 216 Å². The van der Waals surface area contributed by atoms with E-state index in [1.165, 1.54) is 5.56 Å². The highest BCUT2D eigenvalue weighted by Crippen LogP contribution is 2.22. The summed E-state index contributed by atoms with van der Waals surface area (Å²) < 4.78 is 27.4. The summed E-state index contributed by atoms with van der Waals surface area (Å²) >= 11 is 0. The third-order valence-electron chi connectivity index (χ3n) is 5.78. The zero-order valence-corrected chi connectivity index (χ0v) is 21.5. The van der Waals surface area contributed by atoms with Crippen molar-refractivity contribution in [1.29, 1.82) is 0 Å². The minimum atomic E-state index is -3.54. The number of carbonyl (C=O) groups is 1. The Balaban J connectivity index is 1.35. The Morgan fingerprint density at radius 1 is 1.03 bits per heavy atom. The van der Waals surface area contributed by atoms with Gasteiger partial charge < -0.3 is 5.32 Å². The summed E-state index contributed by atoms with van der Waals surface area (Å²) in [6.45, 7) is 2.67. The summed E-state index contributed by atoms with van der Waals surface area (Å²) in [5.41, 5.74) is 4.25. The highest BCUT2D eigenvalue weighted by molar-refractivity contribution is 7.85. The molecule has 4 aromatic rings. The smallest absolute Gasteiger partial charge is 0.320 e. The molecule has 192 valence electrons. The molecule has 0 aliphatic carbocycles. The van der Waals surface area contributed by atoms with Crippen molar-refractivity contribution < 1.29 is 17.4 Å². The van der Waals surface area contributed by atoms with Crippen LogP contribution in [0.1, 0.15) is 36.8 Å². The molecule has 0 saturated carbocycles. The van der Waals surface area contributed by atoms with Gasteiger partial charge in [-0.1, -0.05) is 55.5 Å². The first-order valence-corrected chi connectivity index (χ1v) is 13.8. The van der Waals surface area contributed by atoms with Crippen molar-refractivity contribution in [3.05, 3.63) is 84.1 Å². The molecular formula is C27H29N5O4S. The van der Waals surface area contributed by atoms with E-state index >= 15 is 0 Å². The highest BCUT2D eigenvalue weighted by Gasteiger charge is 2.10. The molecule has 0 unspecified atom stereocenters. The van der Waals surface area contributed by atoms with E-state index in [2.05, 4.69) is 44.6 Å². The number of fused-ring (bicyclic) bond motifs is 1. The van der Waals surface area contributed by atoms with Gasteiger partial charge in [-0.15, -0.1) is 0 Å². The summed E-state index contributed by atoms with van der Waals surface area (Å²) in [5.74, 6) is 0.790. The number of hydrogen-bond donors (Lipinski definition) is 2. The van der Waals surface area contributed by atoms with Crippen molar-refractivity contribution in [2.24, 2.45) is 0 Å². The number of nitrogens with one attached hydrogen (secondary N) is 2. The van der Waals surface area contributed by atoms with Crippen LogP contribution in [0.15, 0.2) is 72.9 Å². The van der Waals surface area contributed by atoms with E-state index in [-0.39, 0.29) is 12.6 Å². The van der Waals surface area contributed by atoms with E-state index in [4.69, 9.17) is 4.18 Å². The zero-order valence-electron chi connectivity index (χ0n) is 20.7. The minimum Gasteiger partial charge on any atom is -0.338 e. The van der Waals surface area contributed by atoms with Gasteiger partial charge in [0.2, 0.25) is 0 Å². The lowest BCUT2D eigenvalue weighted by molar-refractivity contribution is 0.251. The van der Waals surface area contributed by atoms with E-state index in [1.54, 1.807) is 36.5 Å². The van der Waals surface area contributed by atoms with Gasteiger partial charge in [0.15, 0.2) is 5.65 Å². The Kier molecular flexibility index (Phi) is 8.42. The molecule has 2 N–H and O–H groups in total. The Morgan fingerprint density at radius 2 is 1.84 bits per heavy atom. The Hall–Kier alpha value is -3.89. The maximum Gasteiger partial charge on any atom is 0.320 e. The fraction of sp³-hybridized carbons (Fsp3) is 0.259. The van der Waals surface area contributed by atoms with Crippen LogP contribution in [0.25, 0.3) is 22.4 Å². The van der Waals surface area contributed by atoms with Crippen molar-refractivity contribution >= 4 is 33.1 Å². The lowest BCUT2D eigenvalue weighted by atomic mass is 9.96. The van der Waals surface area contributed by atoms with Crippen molar-refractivity contribution in [2.75, 3.05) is 18.1 Å². The molecule has 2 amide bonds. The van der Waals surface area contributed by atoms with Crippen LogP contribution < -0.4 is 10.6 Å². The topological polar surface area (TPSA) is 123 Å². The lowest BCUT2D eigenvalue weighted by Gasteiger charge is -2.12. The SMILES string of the molecule is C[C@H](CCCNC(=O)Nc1ccc2ncc(-c3cccc(COS(C)(=O)=O)c3)nc2n1)c1ccccc1. The number of pyridine rings is 1. The molecule has 0 aliphatic rings. The molecule has 37 heavy (non-hydrogen) atoms. The van der Waals surface area contributed by atoms with Gasteiger partial charge in [-0.3, -0.25) is 14.5 Å². The molecule has 0 saturated heterocycles. The number of nitrogens with zero attached hydrogens (tertiary/aromatic N) is 3. The molecule has 0 spiro atoms. The van der Waals surface area contributed by atoms with Crippen molar-refractivity contribution in [1.82, 2.24) is 20.3 Å². The van der Waals surface area contributed by atoms with Crippen LogP contribution in [0.3, 0.4) is 0 Å². The monoisotopic (exact) mass is 519 g/mol. The highest BCUT2D eigenvalue weighted by atomic mass is 32.2. The quantitative estimate of drug-likeness (QED) is 0.226. The van der Waals surface area contributed by atoms with Crippen LogP contribution in [-0.4, -0.2) is 42.2 Å². The van der Waals surface area contributed by atoms with Crippen molar-refractivity contribution in [2.45, 2.75) is 32.3 Å². The van der Waals surface area contributed by atoms with Gasteiger partial charge in [0.05, 0.1) is 24.8 Å². The summed E-state index contributed by atoms with van der Waals surface area (Å²) in [6.07, 6.45) is 4.46. The number of amides is 2. The standard InChI is InChI=1S/C27H29N5O4S/c1-19(21-10-4-3-5-11-21)8-7-15-28-27(33)32-25-14-13-23-26(31-25)30-24(17-29-23)22-12-6-9-20(16-22)18-36-37(2,34)35/h3-6,9-14,16-17,19H,7-8,15,18H2,1-2H3,(H2,28,30,31,32,33)/t19-/m1/s1. The fourth-order valence-corrected chi connectivity index (χ4v) is 4.17. The van der Waals surface area contributed by atoms with Gasteiger partial charge in [-0.05, 0) is 48.1 Å². The molecule has 2 aromatic heterocycles. The maximum absolute atomic E-state index is 12.4. The van der Waals surface area contributed by atoms with E-state index in [9.17, 15) is 13.2 Å². The normalized spacial score (nSPS) is 12.3. The van der Waals surface area contributed by atoms with Crippen LogP contribution >= 0.6 is 0 Å². The molecule has 0 aliphatic heterocycles. The number of rotatable bonds is 10. The molecule has 4 rings (SSSR count). The van der Waals surface area contributed by atoms with E-state index in [1.807, 2.05) is 24.3 Å². The van der Waals surface area contributed by atoms with Gasteiger partial charge in [-0.25, -0.2) is 14.8 Å². The van der Waals surface area contributed by atoms with Crippen LogP contribution in [-0.2, 0) is 20.9 Å². The molecule has 1 atom stereocenters. The third kappa shape index (κ3) is 7.80. The number of benzene rings is 2. The molecule has 10 heteroatoms. The second kappa shape index (κ2) is 11.9. The second-order valence-corrected chi connectivity index (χ2v) is 10.4.